The molecule has 2 aromatic carbocycles. The summed E-state index contributed by atoms with van der Waals surface area (Å²) in [6.45, 7) is 1.34. The minimum absolute atomic E-state index is 0.142. The lowest BCUT2D eigenvalue weighted by Crippen LogP contribution is -2.19. The number of aromatic amines is 1. The van der Waals surface area contributed by atoms with Gasteiger partial charge in [-0.3, -0.25) is 4.79 Å². The predicted octanol–water partition coefficient (Wildman–Crippen LogP) is 3.90. The Balaban J connectivity index is 2.14. The Hall–Kier alpha value is -2.11. The second kappa shape index (κ2) is 7.20. The number of nitrogens with zero attached hydrogens (tertiary/aromatic N) is 1. The first-order valence-corrected chi connectivity index (χ1v) is 8.54. The van der Waals surface area contributed by atoms with Crippen LogP contribution in [0, 0.1) is 0 Å². The smallest absolute Gasteiger partial charge is 0.249 e. The second-order valence-corrected chi connectivity index (χ2v) is 6.72. The molecule has 0 saturated heterocycles. The van der Waals surface area contributed by atoms with Gasteiger partial charge in [0.2, 0.25) is 5.56 Å². The molecule has 5 heteroatoms. The van der Waals surface area contributed by atoms with E-state index in [1.165, 1.54) is 0 Å². The zero-order chi connectivity index (χ0) is 17.1. The summed E-state index contributed by atoms with van der Waals surface area (Å²) in [7, 11) is 3.99. The zero-order valence-corrected chi connectivity index (χ0v) is 15.3. The quantitative estimate of drug-likeness (QED) is 0.723. The molecule has 4 nitrogen and oxygen atoms in total. The van der Waals surface area contributed by atoms with Crippen LogP contribution in [0.3, 0.4) is 0 Å². The van der Waals surface area contributed by atoms with Gasteiger partial charge in [-0.2, -0.15) is 0 Å². The van der Waals surface area contributed by atoms with Crippen molar-refractivity contribution >= 4 is 26.8 Å². The van der Waals surface area contributed by atoms with Crippen molar-refractivity contribution in [1.82, 2.24) is 9.88 Å². The van der Waals surface area contributed by atoms with E-state index in [4.69, 9.17) is 4.74 Å². The number of hydrogen-bond acceptors (Lipinski definition) is 3. The van der Waals surface area contributed by atoms with E-state index in [0.29, 0.717) is 12.4 Å². The molecule has 24 heavy (non-hydrogen) atoms. The standard InChI is InChI=1S/C19H19BrN2O2/c1-22(2)10-11-24-19-16(20)9-8-14-15(12-17(23)21-18(14)19)13-6-4-3-5-7-13/h3-9,12H,10-11H2,1-2H3,(H,21,23). The highest BCUT2D eigenvalue weighted by Gasteiger charge is 2.13. The third kappa shape index (κ3) is 3.52. The Morgan fingerprint density at radius 2 is 1.88 bits per heavy atom. The van der Waals surface area contributed by atoms with Crippen molar-refractivity contribution in [1.29, 1.82) is 0 Å². The van der Waals surface area contributed by atoms with E-state index in [-0.39, 0.29) is 5.56 Å². The van der Waals surface area contributed by atoms with Crippen LogP contribution in [0.25, 0.3) is 22.0 Å². The molecule has 0 aliphatic rings. The molecule has 0 aliphatic carbocycles. The van der Waals surface area contributed by atoms with Crippen LogP contribution in [0.15, 0.2) is 57.8 Å². The molecule has 0 aliphatic heterocycles. The van der Waals surface area contributed by atoms with Gasteiger partial charge in [0.15, 0.2) is 5.75 Å². The van der Waals surface area contributed by atoms with Crippen molar-refractivity contribution in [2.75, 3.05) is 27.2 Å². The first-order valence-electron chi connectivity index (χ1n) is 7.75. The Labute approximate surface area is 149 Å². The predicted molar refractivity (Wildman–Crippen MR) is 102 cm³/mol. The number of nitrogens with one attached hydrogen (secondary N) is 1. The largest absolute Gasteiger partial charge is 0.489 e. The molecule has 1 aromatic heterocycles. The third-order valence-electron chi connectivity index (χ3n) is 3.79. The fourth-order valence-electron chi connectivity index (χ4n) is 2.60. The summed E-state index contributed by atoms with van der Waals surface area (Å²) in [6, 6.07) is 15.5. The Bertz CT molecular complexity index is 904. The fourth-order valence-corrected chi connectivity index (χ4v) is 3.05. The number of fused-ring (bicyclic) bond motifs is 1. The van der Waals surface area contributed by atoms with Crippen molar-refractivity contribution in [2.45, 2.75) is 0 Å². The number of pyridine rings is 1. The van der Waals surface area contributed by atoms with Crippen LogP contribution in [0.1, 0.15) is 0 Å². The average molecular weight is 387 g/mol. The van der Waals surface area contributed by atoms with Gasteiger partial charge < -0.3 is 14.6 Å². The van der Waals surface area contributed by atoms with E-state index in [1.807, 2.05) is 56.6 Å². The van der Waals surface area contributed by atoms with Gasteiger partial charge in [-0.1, -0.05) is 36.4 Å². The van der Waals surface area contributed by atoms with Crippen LogP contribution < -0.4 is 10.3 Å². The van der Waals surface area contributed by atoms with Gasteiger partial charge in [0, 0.05) is 18.0 Å². The molecule has 0 unspecified atom stereocenters. The Kier molecular flexibility index (Phi) is 5.02. The maximum Gasteiger partial charge on any atom is 0.249 e. The number of benzene rings is 2. The van der Waals surface area contributed by atoms with Crippen molar-refractivity contribution in [3.05, 3.63) is 63.4 Å². The van der Waals surface area contributed by atoms with Gasteiger partial charge in [-0.05, 0) is 47.2 Å². The Morgan fingerprint density at radius 1 is 1.12 bits per heavy atom. The summed E-state index contributed by atoms with van der Waals surface area (Å²) < 4.78 is 6.78. The SMILES string of the molecule is CN(C)CCOc1c(Br)ccc2c(-c3ccccc3)cc(=O)[nH]c12. The number of hydrogen-bond donors (Lipinski definition) is 1. The lowest BCUT2D eigenvalue weighted by Gasteiger charge is -2.15. The van der Waals surface area contributed by atoms with Crippen molar-refractivity contribution in [3.63, 3.8) is 0 Å². The molecule has 1 N–H and O–H groups in total. The molecular weight excluding hydrogens is 368 g/mol. The maximum absolute atomic E-state index is 12.2. The second-order valence-electron chi connectivity index (χ2n) is 5.86. The highest BCUT2D eigenvalue weighted by molar-refractivity contribution is 9.10. The number of rotatable bonds is 5. The van der Waals surface area contributed by atoms with Gasteiger partial charge in [0.05, 0.1) is 9.99 Å². The molecule has 0 saturated carbocycles. The summed E-state index contributed by atoms with van der Waals surface area (Å²) in [5, 5.41) is 0.962. The topological polar surface area (TPSA) is 45.3 Å². The van der Waals surface area contributed by atoms with E-state index in [0.717, 1.165) is 33.0 Å². The van der Waals surface area contributed by atoms with Gasteiger partial charge in [-0.25, -0.2) is 0 Å². The monoisotopic (exact) mass is 386 g/mol. The summed E-state index contributed by atoms with van der Waals surface area (Å²) >= 11 is 3.53. The molecule has 0 fully saturated rings. The van der Waals surface area contributed by atoms with Gasteiger partial charge in [0.25, 0.3) is 0 Å². The van der Waals surface area contributed by atoms with Crippen molar-refractivity contribution < 1.29 is 4.74 Å². The van der Waals surface area contributed by atoms with E-state index >= 15 is 0 Å². The van der Waals surface area contributed by atoms with E-state index in [1.54, 1.807) is 6.07 Å². The number of H-pyrrole nitrogens is 1. The summed E-state index contributed by atoms with van der Waals surface area (Å²) in [6.07, 6.45) is 0. The fraction of sp³-hybridized carbons (Fsp3) is 0.211. The van der Waals surface area contributed by atoms with Crippen LogP contribution in [-0.2, 0) is 0 Å². The van der Waals surface area contributed by atoms with E-state index < -0.39 is 0 Å². The molecule has 0 atom stereocenters. The molecule has 0 amide bonds. The molecule has 0 spiro atoms. The number of likely N-dealkylation sites (N-methyl/N-ethyl adjacent to an activating group) is 1. The van der Waals surface area contributed by atoms with Gasteiger partial charge in [-0.15, -0.1) is 0 Å². The van der Waals surface area contributed by atoms with Crippen LogP contribution in [0.4, 0.5) is 0 Å². The summed E-state index contributed by atoms with van der Waals surface area (Å²) in [5.74, 6) is 0.671. The minimum atomic E-state index is -0.142. The number of aromatic nitrogens is 1. The zero-order valence-electron chi connectivity index (χ0n) is 13.7. The highest BCUT2D eigenvalue weighted by atomic mass is 79.9. The molecule has 0 bridgehead atoms. The summed E-state index contributed by atoms with van der Waals surface area (Å²) in [5.41, 5.74) is 2.49. The summed E-state index contributed by atoms with van der Waals surface area (Å²) in [4.78, 5) is 17.2. The van der Waals surface area contributed by atoms with Crippen LogP contribution in [-0.4, -0.2) is 37.1 Å². The number of ether oxygens (including phenoxy) is 1. The molecule has 3 aromatic rings. The van der Waals surface area contributed by atoms with Crippen molar-refractivity contribution in [2.24, 2.45) is 0 Å². The molecule has 3 rings (SSSR count). The van der Waals surface area contributed by atoms with Gasteiger partial charge >= 0.3 is 0 Å². The minimum Gasteiger partial charge on any atom is -0.489 e. The molecule has 124 valence electrons. The van der Waals surface area contributed by atoms with E-state index in [9.17, 15) is 4.79 Å². The molecular formula is C19H19BrN2O2. The van der Waals surface area contributed by atoms with Crippen molar-refractivity contribution in [3.8, 4) is 16.9 Å². The van der Waals surface area contributed by atoms with E-state index in [2.05, 4.69) is 25.8 Å². The lowest BCUT2D eigenvalue weighted by atomic mass is 10.0. The average Bonchev–Trinajstić information content (AvgIpc) is 2.57. The first kappa shape index (κ1) is 16.7. The highest BCUT2D eigenvalue weighted by Crippen LogP contribution is 2.36. The van der Waals surface area contributed by atoms with Crippen LogP contribution in [0.5, 0.6) is 5.75 Å². The number of halogens is 1. The molecule has 0 radical (unpaired) electrons. The normalized spacial score (nSPS) is 11.2. The van der Waals surface area contributed by atoms with Gasteiger partial charge in [0.1, 0.15) is 6.61 Å². The third-order valence-corrected chi connectivity index (χ3v) is 4.42. The Morgan fingerprint density at radius 3 is 2.58 bits per heavy atom. The van der Waals surface area contributed by atoms with Crippen LogP contribution in [0.2, 0.25) is 0 Å². The van der Waals surface area contributed by atoms with Crippen LogP contribution >= 0.6 is 15.9 Å². The lowest BCUT2D eigenvalue weighted by molar-refractivity contribution is 0.262. The molecule has 1 heterocycles. The maximum atomic E-state index is 12.2. The first-order chi connectivity index (χ1) is 11.6.